The van der Waals surface area contributed by atoms with Crippen molar-refractivity contribution in [1.29, 1.82) is 0 Å². The van der Waals surface area contributed by atoms with E-state index in [2.05, 4.69) is 4.90 Å². The molecule has 0 bridgehead atoms. The number of benzene rings is 1. The van der Waals surface area contributed by atoms with E-state index < -0.39 is 11.6 Å². The van der Waals surface area contributed by atoms with E-state index in [0.717, 1.165) is 44.1 Å². The Morgan fingerprint density at radius 1 is 1.14 bits per heavy atom. The van der Waals surface area contributed by atoms with Gasteiger partial charge in [0, 0.05) is 26.2 Å². The van der Waals surface area contributed by atoms with E-state index in [9.17, 15) is 13.6 Å². The van der Waals surface area contributed by atoms with E-state index in [1.165, 1.54) is 12.8 Å². The van der Waals surface area contributed by atoms with E-state index >= 15 is 0 Å². The summed E-state index contributed by atoms with van der Waals surface area (Å²) in [6, 6.07) is 1.76. The van der Waals surface area contributed by atoms with E-state index in [4.69, 9.17) is 11.6 Å². The number of nitrogens with zero attached hydrogens (tertiary/aromatic N) is 2. The van der Waals surface area contributed by atoms with Crippen LogP contribution in [0.4, 0.5) is 8.78 Å². The average molecular weight is 329 g/mol. The molecule has 0 unspecified atom stereocenters. The molecule has 120 valence electrons. The lowest BCUT2D eigenvalue weighted by molar-refractivity contribution is 0.0761. The van der Waals surface area contributed by atoms with Gasteiger partial charge < -0.3 is 9.80 Å². The zero-order valence-corrected chi connectivity index (χ0v) is 13.1. The molecule has 2 fully saturated rings. The smallest absolute Gasteiger partial charge is 0.255 e. The first-order chi connectivity index (χ1) is 10.5. The first-order valence-corrected chi connectivity index (χ1v) is 8.08. The minimum Gasteiger partial charge on any atom is -0.337 e. The van der Waals surface area contributed by atoms with Gasteiger partial charge in [0.2, 0.25) is 0 Å². The van der Waals surface area contributed by atoms with E-state index in [-0.39, 0.29) is 16.5 Å². The van der Waals surface area contributed by atoms with Crippen molar-refractivity contribution < 1.29 is 13.6 Å². The maximum absolute atomic E-state index is 13.4. The van der Waals surface area contributed by atoms with Crippen LogP contribution in [0.25, 0.3) is 0 Å². The Balaban J connectivity index is 1.68. The highest BCUT2D eigenvalue weighted by Crippen LogP contribution is 2.30. The van der Waals surface area contributed by atoms with E-state index in [0.29, 0.717) is 13.1 Å². The summed E-state index contributed by atoms with van der Waals surface area (Å²) >= 11 is 5.90. The molecule has 22 heavy (non-hydrogen) atoms. The third kappa shape index (κ3) is 3.58. The lowest BCUT2D eigenvalue weighted by Gasteiger charge is -2.22. The van der Waals surface area contributed by atoms with Gasteiger partial charge in [-0.1, -0.05) is 11.6 Å². The fraction of sp³-hybridized carbons (Fsp3) is 0.562. The van der Waals surface area contributed by atoms with Gasteiger partial charge in [-0.3, -0.25) is 4.79 Å². The number of carbonyl (C=O) groups is 1. The minimum atomic E-state index is -1.04. The van der Waals surface area contributed by atoms with Crippen LogP contribution in [0.1, 0.15) is 29.6 Å². The van der Waals surface area contributed by atoms with Crippen LogP contribution in [0.2, 0.25) is 5.02 Å². The van der Waals surface area contributed by atoms with Gasteiger partial charge in [0.05, 0.1) is 10.6 Å². The number of amides is 1. The molecule has 1 aromatic rings. The molecule has 1 heterocycles. The predicted molar refractivity (Wildman–Crippen MR) is 81.1 cm³/mol. The van der Waals surface area contributed by atoms with Crippen LogP contribution < -0.4 is 0 Å². The van der Waals surface area contributed by atoms with Gasteiger partial charge in [-0.2, -0.15) is 0 Å². The molecule has 1 amide bonds. The standard InChI is InChI=1S/C16H19ClF2N2O/c17-13-9-15(19)14(18)8-12(13)16(22)21-5-1-4-20(6-7-21)10-11-2-3-11/h8-9,11H,1-7,10H2. The Kier molecular flexibility index (Phi) is 4.64. The van der Waals surface area contributed by atoms with Crippen molar-refractivity contribution in [1.82, 2.24) is 9.80 Å². The summed E-state index contributed by atoms with van der Waals surface area (Å²) in [6.07, 6.45) is 3.51. The molecule has 1 aliphatic heterocycles. The number of hydrogen-bond donors (Lipinski definition) is 0. The molecule has 0 aromatic heterocycles. The van der Waals surface area contributed by atoms with E-state index in [1.807, 2.05) is 0 Å². The molecular formula is C16H19ClF2N2O. The zero-order chi connectivity index (χ0) is 15.7. The van der Waals surface area contributed by atoms with Gasteiger partial charge >= 0.3 is 0 Å². The third-order valence-corrected chi connectivity index (χ3v) is 4.64. The summed E-state index contributed by atoms with van der Waals surface area (Å²) in [5, 5.41) is -0.0389. The lowest BCUT2D eigenvalue weighted by Crippen LogP contribution is -2.36. The zero-order valence-electron chi connectivity index (χ0n) is 12.3. The number of carbonyl (C=O) groups excluding carboxylic acids is 1. The van der Waals surface area contributed by atoms with Crippen LogP contribution in [0.15, 0.2) is 12.1 Å². The molecule has 1 aliphatic carbocycles. The maximum atomic E-state index is 13.4. The van der Waals surface area contributed by atoms with Gasteiger partial charge in [0.25, 0.3) is 5.91 Å². The second-order valence-electron chi connectivity index (χ2n) is 6.14. The molecule has 0 atom stereocenters. The van der Waals surface area contributed by atoms with Crippen molar-refractivity contribution in [2.24, 2.45) is 5.92 Å². The second kappa shape index (κ2) is 6.50. The molecule has 0 N–H and O–H groups in total. The topological polar surface area (TPSA) is 23.6 Å². The second-order valence-corrected chi connectivity index (χ2v) is 6.54. The number of hydrogen-bond acceptors (Lipinski definition) is 2. The summed E-state index contributed by atoms with van der Waals surface area (Å²) < 4.78 is 26.5. The van der Waals surface area contributed by atoms with Crippen molar-refractivity contribution in [3.05, 3.63) is 34.4 Å². The molecule has 1 saturated heterocycles. The summed E-state index contributed by atoms with van der Waals surface area (Å²) in [5.74, 6) is -1.58. The quantitative estimate of drug-likeness (QED) is 0.796. The van der Waals surface area contributed by atoms with Crippen LogP contribution >= 0.6 is 11.6 Å². The fourth-order valence-electron chi connectivity index (χ4n) is 2.88. The van der Waals surface area contributed by atoms with Crippen LogP contribution in [0, 0.1) is 17.6 Å². The number of rotatable bonds is 3. The van der Waals surface area contributed by atoms with E-state index in [1.54, 1.807) is 4.90 Å². The fourth-order valence-corrected chi connectivity index (χ4v) is 3.11. The van der Waals surface area contributed by atoms with Crippen LogP contribution in [-0.2, 0) is 0 Å². The van der Waals surface area contributed by atoms with Crippen LogP contribution in [-0.4, -0.2) is 48.4 Å². The Labute approximate surface area is 133 Å². The molecule has 0 spiro atoms. The summed E-state index contributed by atoms with van der Waals surface area (Å²) in [5.41, 5.74) is 0.0382. The molecule has 6 heteroatoms. The van der Waals surface area contributed by atoms with Crippen molar-refractivity contribution in [3.63, 3.8) is 0 Å². The molecule has 1 saturated carbocycles. The molecular weight excluding hydrogens is 310 g/mol. The van der Waals surface area contributed by atoms with Crippen LogP contribution in [0.3, 0.4) is 0 Å². The molecule has 3 nitrogen and oxygen atoms in total. The summed E-state index contributed by atoms with van der Waals surface area (Å²) in [4.78, 5) is 16.6. The minimum absolute atomic E-state index is 0.0382. The van der Waals surface area contributed by atoms with Gasteiger partial charge in [-0.05, 0) is 43.9 Å². The van der Waals surface area contributed by atoms with Gasteiger partial charge in [0.1, 0.15) is 0 Å². The number of halogens is 3. The molecule has 1 aromatic carbocycles. The average Bonchev–Trinajstić information content (AvgIpc) is 3.30. The lowest BCUT2D eigenvalue weighted by atomic mass is 10.1. The van der Waals surface area contributed by atoms with Crippen molar-refractivity contribution >= 4 is 17.5 Å². The first-order valence-electron chi connectivity index (χ1n) is 7.71. The summed E-state index contributed by atoms with van der Waals surface area (Å²) in [6.45, 7) is 4.12. The first kappa shape index (κ1) is 15.7. The Bertz CT molecular complexity index is 578. The Morgan fingerprint density at radius 3 is 2.59 bits per heavy atom. The Hall–Kier alpha value is -1.20. The molecule has 3 rings (SSSR count). The Morgan fingerprint density at radius 2 is 1.86 bits per heavy atom. The highest BCUT2D eigenvalue weighted by molar-refractivity contribution is 6.33. The van der Waals surface area contributed by atoms with Gasteiger partial charge in [0.15, 0.2) is 11.6 Å². The molecule has 2 aliphatic rings. The largest absolute Gasteiger partial charge is 0.337 e. The van der Waals surface area contributed by atoms with Crippen molar-refractivity contribution in [2.75, 3.05) is 32.7 Å². The predicted octanol–water partition coefficient (Wildman–Crippen LogP) is 3.18. The third-order valence-electron chi connectivity index (χ3n) is 4.33. The normalized spacial score (nSPS) is 20.0. The van der Waals surface area contributed by atoms with Crippen LogP contribution in [0.5, 0.6) is 0 Å². The van der Waals surface area contributed by atoms with Crippen molar-refractivity contribution in [3.8, 4) is 0 Å². The van der Waals surface area contributed by atoms with Crippen molar-refractivity contribution in [2.45, 2.75) is 19.3 Å². The molecule has 0 radical (unpaired) electrons. The highest BCUT2D eigenvalue weighted by atomic mass is 35.5. The van der Waals surface area contributed by atoms with Gasteiger partial charge in [-0.15, -0.1) is 0 Å². The SMILES string of the molecule is O=C(c1cc(F)c(F)cc1Cl)N1CCCN(CC2CC2)CC1. The maximum Gasteiger partial charge on any atom is 0.255 e. The monoisotopic (exact) mass is 328 g/mol. The summed E-state index contributed by atoms with van der Waals surface area (Å²) in [7, 11) is 0. The van der Waals surface area contributed by atoms with Gasteiger partial charge in [-0.25, -0.2) is 8.78 Å². The highest BCUT2D eigenvalue weighted by Gasteiger charge is 2.27.